The predicted molar refractivity (Wildman–Crippen MR) is 388 cm³/mol. The minimum Gasteiger partial charge on any atom is -0.657 e. The maximum absolute atomic E-state index is 14.0. The molecule has 10 nitrogen and oxygen atoms in total. The molecule has 6 aromatic carbocycles. The van der Waals surface area contributed by atoms with Crippen LogP contribution in [0.3, 0.4) is 0 Å². The Morgan fingerprint density at radius 1 is 0.330 bits per heavy atom. The molecule has 0 fully saturated rings. The molecule has 4 aliphatic heterocycles. The van der Waals surface area contributed by atoms with Gasteiger partial charge < -0.3 is 24.7 Å². The second kappa shape index (κ2) is 27.6. The number of esters is 1. The first-order valence-electron chi connectivity index (χ1n) is 31.5. The van der Waals surface area contributed by atoms with Gasteiger partial charge in [0.2, 0.25) is 0 Å². The van der Waals surface area contributed by atoms with Crippen LogP contribution in [-0.4, -0.2) is 32.5 Å². The number of carbonyl (C=O) groups is 1. The summed E-state index contributed by atoms with van der Waals surface area (Å²) in [7, 11) is 0. The summed E-state index contributed by atoms with van der Waals surface area (Å²) in [5.41, 5.74) is 25.4. The Balaban J connectivity index is 0.00000403. The number of rotatable bonds is 13. The number of aromatic nitrogens is 8. The third-order valence-electron chi connectivity index (χ3n) is 17.2. The Labute approximate surface area is 580 Å². The molecule has 12 heteroatoms. The zero-order chi connectivity index (χ0) is 63.6. The smallest absolute Gasteiger partial charge is 0.657 e. The number of nitrogens with zero attached hydrogens (tertiary/aromatic N) is 8. The fraction of sp³-hybridized carbons (Fsp3) is 0.0235. The molecular formula is C85H56N8Ni2O2. The molecule has 0 amide bonds. The van der Waals surface area contributed by atoms with Crippen molar-refractivity contribution in [2.24, 2.45) is 0 Å². The van der Waals surface area contributed by atoms with Gasteiger partial charge in [0.1, 0.15) is 6.61 Å². The number of hydrogen-bond acceptors (Lipinski definition) is 6. The fourth-order valence-corrected chi connectivity index (χ4v) is 12.8. The number of allylic oxidation sites excluding steroid dienone is 1. The Morgan fingerprint density at radius 3 is 0.948 bits per heavy atom. The molecule has 0 N–H and O–H groups in total. The second-order valence-electron chi connectivity index (χ2n) is 23.3. The topological polar surface area (TPSA) is 134 Å². The summed E-state index contributed by atoms with van der Waals surface area (Å²) < 4.78 is 5.96. The zero-order valence-electron chi connectivity index (χ0n) is 52.0. The Hall–Kier alpha value is -11.8. The van der Waals surface area contributed by atoms with E-state index in [1.807, 2.05) is 146 Å². The Morgan fingerprint density at radius 2 is 0.598 bits per heavy atom. The third-order valence-corrected chi connectivity index (χ3v) is 17.2. The van der Waals surface area contributed by atoms with Gasteiger partial charge in [-0.15, -0.1) is 44.1 Å². The van der Waals surface area contributed by atoms with E-state index < -0.39 is 5.97 Å². The van der Waals surface area contributed by atoms with Crippen molar-refractivity contribution < 1.29 is 42.5 Å². The summed E-state index contributed by atoms with van der Waals surface area (Å²) in [4.78, 5) is 57.0. The molecule has 16 rings (SSSR count). The van der Waals surface area contributed by atoms with Gasteiger partial charge in [-0.1, -0.05) is 249 Å². The summed E-state index contributed by atoms with van der Waals surface area (Å²) in [5.74, 6) is -0.560. The maximum Gasteiger partial charge on any atom is 2.00 e. The van der Waals surface area contributed by atoms with Gasteiger partial charge in [-0.2, -0.15) is 0 Å². The van der Waals surface area contributed by atoms with E-state index in [-0.39, 0.29) is 39.6 Å². The van der Waals surface area contributed by atoms with E-state index in [4.69, 9.17) is 44.6 Å². The number of carbonyl (C=O) groups excluding carboxylic acids is 1. The molecule has 0 saturated carbocycles. The fourth-order valence-electron chi connectivity index (χ4n) is 12.8. The molecule has 0 aliphatic carbocycles. The van der Waals surface area contributed by atoms with E-state index in [0.717, 1.165) is 140 Å². The van der Waals surface area contributed by atoms with E-state index in [0.29, 0.717) is 40.0 Å². The van der Waals surface area contributed by atoms with Crippen LogP contribution in [0.25, 0.3) is 166 Å². The van der Waals surface area contributed by atoms with Crippen LogP contribution >= 0.6 is 0 Å². The SMILES string of the molecule is C=C(/C=C/Cc1c2nc(c(-c3ccccc3)c3ccc([n-]3)c(-c3ccccc3)c3nc(c(-c4ccccc4)c4ccc1[n-]4)C=C3)C=C2)COC(=O)/C=C/c1c2nc(c(-c3ccccc3)c3ccc([n-]3)c(-c3ccccc3)c3nc(c(-c4ccccc4)c4ccc1[n-]4)C=C3)C=C2.[Ni+2].[Ni+2]. The molecule has 97 heavy (non-hydrogen) atoms. The van der Waals surface area contributed by atoms with Crippen LogP contribution < -0.4 is 19.9 Å². The zero-order valence-corrected chi connectivity index (χ0v) is 54.0. The van der Waals surface area contributed by atoms with Crippen molar-refractivity contribution in [3.05, 3.63) is 318 Å². The number of ether oxygens (including phenoxy) is 1. The number of benzene rings is 6. The summed E-state index contributed by atoms with van der Waals surface area (Å²) in [6.45, 7) is 4.28. The minimum atomic E-state index is -0.560. The first-order valence-corrected chi connectivity index (χ1v) is 31.5. The Kier molecular flexibility index (Phi) is 17.9. The molecule has 16 bridgehead atoms. The van der Waals surface area contributed by atoms with Crippen LogP contribution in [0.1, 0.15) is 56.7 Å². The molecule has 0 radical (unpaired) electrons. The van der Waals surface area contributed by atoms with E-state index in [9.17, 15) is 4.79 Å². The summed E-state index contributed by atoms with van der Waals surface area (Å²) >= 11 is 0. The summed E-state index contributed by atoms with van der Waals surface area (Å²) in [5, 5.41) is 0. The van der Waals surface area contributed by atoms with Crippen LogP contribution in [0, 0.1) is 0 Å². The molecule has 0 spiro atoms. The second-order valence-corrected chi connectivity index (χ2v) is 23.3. The first-order chi connectivity index (χ1) is 46.9. The van der Waals surface area contributed by atoms with Crippen molar-refractivity contribution in [2.75, 3.05) is 6.61 Å². The van der Waals surface area contributed by atoms with Gasteiger partial charge in [-0.3, -0.25) is 0 Å². The van der Waals surface area contributed by atoms with E-state index in [2.05, 4.69) is 152 Å². The van der Waals surface area contributed by atoms with Gasteiger partial charge >= 0.3 is 39.0 Å². The van der Waals surface area contributed by atoms with Crippen molar-refractivity contribution in [1.82, 2.24) is 39.9 Å². The molecule has 12 aromatic rings. The summed E-state index contributed by atoms with van der Waals surface area (Å²) in [6, 6.07) is 77.9. The normalized spacial score (nSPS) is 12.1. The van der Waals surface area contributed by atoms with Crippen molar-refractivity contribution in [3.8, 4) is 66.8 Å². The molecular weight excluding hydrogens is 1280 g/mol. The van der Waals surface area contributed by atoms with Gasteiger partial charge in [0.15, 0.2) is 0 Å². The molecule has 468 valence electrons. The molecule has 4 aliphatic rings. The largest absolute Gasteiger partial charge is 2.00 e. The van der Waals surface area contributed by atoms with Crippen molar-refractivity contribution in [3.63, 3.8) is 0 Å². The van der Waals surface area contributed by atoms with Gasteiger partial charge in [-0.25, -0.2) is 24.7 Å². The predicted octanol–water partition coefficient (Wildman–Crippen LogP) is 19.0. The van der Waals surface area contributed by atoms with Crippen LogP contribution in [0.2, 0.25) is 0 Å². The van der Waals surface area contributed by atoms with E-state index >= 15 is 0 Å². The Bertz CT molecular complexity index is 5510. The van der Waals surface area contributed by atoms with Crippen molar-refractivity contribution >= 4 is 105 Å². The van der Waals surface area contributed by atoms with Crippen LogP contribution in [0.15, 0.2) is 261 Å². The molecule has 0 saturated heterocycles. The van der Waals surface area contributed by atoms with Gasteiger partial charge in [0.05, 0.1) is 45.6 Å². The minimum absolute atomic E-state index is 0. The monoisotopic (exact) mass is 1340 g/mol. The molecule has 10 heterocycles. The van der Waals surface area contributed by atoms with E-state index in [1.54, 1.807) is 6.08 Å². The third kappa shape index (κ3) is 12.6. The number of hydrogen-bond donors (Lipinski definition) is 0. The van der Waals surface area contributed by atoms with E-state index in [1.165, 1.54) is 6.08 Å². The van der Waals surface area contributed by atoms with Gasteiger partial charge in [0, 0.05) is 6.08 Å². The quantitative estimate of drug-likeness (QED) is 0.0475. The van der Waals surface area contributed by atoms with Crippen LogP contribution in [-0.2, 0) is 48.9 Å². The molecule has 0 unspecified atom stereocenters. The summed E-state index contributed by atoms with van der Waals surface area (Å²) in [6.07, 6.45) is 23.9. The average molecular weight is 1340 g/mol. The number of fused-ring (bicyclic) bond motifs is 16. The van der Waals surface area contributed by atoms with Crippen LogP contribution in [0.4, 0.5) is 0 Å². The molecule has 0 atom stereocenters. The molecule has 6 aromatic heterocycles. The average Bonchev–Trinajstić information content (AvgIpc) is 1.64. The van der Waals surface area contributed by atoms with Gasteiger partial charge in [-0.05, 0) is 145 Å². The first kappa shape index (κ1) is 62.6. The van der Waals surface area contributed by atoms with Gasteiger partial charge in [0.25, 0.3) is 0 Å². The van der Waals surface area contributed by atoms with Crippen molar-refractivity contribution in [1.29, 1.82) is 0 Å². The van der Waals surface area contributed by atoms with Crippen molar-refractivity contribution in [2.45, 2.75) is 6.42 Å². The van der Waals surface area contributed by atoms with Crippen LogP contribution in [0.5, 0.6) is 0 Å². The maximum atomic E-state index is 14.0. The standard InChI is InChI=1S/C85H57N8O2.2Ni/c1-54(21-20-34-61-63-36-40-67(86-63)80(55-22-8-2-9-23-55)71-44-48-75(90-71)84(59-30-16-6-17-31-59)76-49-45-72(91-76)81(56-24-10-3-11-25-56)68-41-37-64(61)87-68)53-95-79(94)52-35-62-65-38-42-69(88-65)82(57-26-12-4-13-27-57)73-46-50-77(92-73)85(60-32-18-7-19-33-60)78-51-47-74(93-78)83(58-28-14-5-15-29-58)70-43-39-66(62)89-70;;/h2-33,35-52H,1,34,53H2,(H-3,86,87,88,89,90,91,92,93,94);;/q-3;2*+2/p-1/b21-20+,63-61?,64-61?,65-62?,66-62?,80-67?,80-71?,81-68?,81-72?,82-69?,82-73?,83-70?,83-74?,84-75?,84-76?,85-77?,85-78?;;.